The van der Waals surface area contributed by atoms with Crippen LogP contribution in [-0.2, 0) is 6.54 Å². The molecule has 4 rings (SSSR count). The van der Waals surface area contributed by atoms with Gasteiger partial charge in [-0.05, 0) is 43.7 Å². The molecule has 2 atom stereocenters. The Kier molecular flexibility index (Phi) is 5.05. The van der Waals surface area contributed by atoms with Gasteiger partial charge in [-0.2, -0.15) is 0 Å². The highest BCUT2D eigenvalue weighted by molar-refractivity contribution is 6.42. The molecule has 2 aromatic heterocycles. The van der Waals surface area contributed by atoms with E-state index < -0.39 is 6.23 Å². The number of halogens is 2. The highest BCUT2D eigenvalue weighted by Crippen LogP contribution is 2.33. The topological polar surface area (TPSA) is 63.3 Å². The second kappa shape index (κ2) is 7.37. The summed E-state index contributed by atoms with van der Waals surface area (Å²) in [4.78, 5) is 19.1. The van der Waals surface area contributed by atoms with Gasteiger partial charge in [-0.25, -0.2) is 4.98 Å². The van der Waals surface area contributed by atoms with Crippen LogP contribution >= 0.6 is 23.2 Å². The van der Waals surface area contributed by atoms with Crippen LogP contribution in [0.5, 0.6) is 0 Å². The second-order valence-electron chi connectivity index (χ2n) is 6.98. The molecule has 3 aromatic rings. The summed E-state index contributed by atoms with van der Waals surface area (Å²) in [7, 11) is 0. The van der Waals surface area contributed by atoms with Crippen molar-refractivity contribution in [2.75, 3.05) is 6.54 Å². The number of aromatic nitrogens is 3. The molecular formula is C20H20Cl2N4O2. The quantitative estimate of drug-likeness (QED) is 0.703. The number of benzene rings is 1. The Hall–Kier alpha value is -2.12. The van der Waals surface area contributed by atoms with Crippen LogP contribution in [0.25, 0.3) is 5.69 Å². The number of hydrogen-bond acceptors (Lipinski definition) is 4. The summed E-state index contributed by atoms with van der Waals surface area (Å²) in [6, 6.07) is 8.90. The summed E-state index contributed by atoms with van der Waals surface area (Å²) < 4.78 is 3.34. The first-order chi connectivity index (χ1) is 13.4. The molecule has 1 aromatic carbocycles. The number of aryl methyl sites for hydroxylation is 1. The van der Waals surface area contributed by atoms with Gasteiger partial charge in [0.2, 0.25) is 0 Å². The van der Waals surface area contributed by atoms with Gasteiger partial charge in [-0.15, -0.1) is 0 Å². The van der Waals surface area contributed by atoms with E-state index in [9.17, 15) is 9.90 Å². The molecule has 0 fully saturated rings. The fourth-order valence-electron chi connectivity index (χ4n) is 3.66. The average Bonchev–Trinajstić information content (AvgIpc) is 3.10. The van der Waals surface area contributed by atoms with E-state index in [0.717, 1.165) is 11.3 Å². The van der Waals surface area contributed by atoms with Crippen LogP contribution < -0.4 is 5.56 Å². The summed E-state index contributed by atoms with van der Waals surface area (Å²) in [6.45, 7) is 4.89. The van der Waals surface area contributed by atoms with Gasteiger partial charge in [-0.1, -0.05) is 29.3 Å². The summed E-state index contributed by atoms with van der Waals surface area (Å²) in [5, 5.41) is 11.9. The predicted molar refractivity (Wildman–Crippen MR) is 109 cm³/mol. The minimum atomic E-state index is -0.899. The third-order valence-corrected chi connectivity index (χ3v) is 6.00. The van der Waals surface area contributed by atoms with Crippen LogP contribution in [0.3, 0.4) is 0 Å². The molecule has 3 heterocycles. The zero-order valence-corrected chi connectivity index (χ0v) is 17.0. The lowest BCUT2D eigenvalue weighted by Crippen LogP contribution is -2.44. The predicted octanol–water partition coefficient (Wildman–Crippen LogP) is 3.72. The summed E-state index contributed by atoms with van der Waals surface area (Å²) in [5.74, 6) is 0. The normalized spacial score (nSPS) is 18.1. The van der Waals surface area contributed by atoms with Gasteiger partial charge < -0.3 is 14.2 Å². The molecule has 8 heteroatoms. The van der Waals surface area contributed by atoms with E-state index in [1.807, 2.05) is 37.1 Å². The average molecular weight is 419 g/mol. The smallest absolute Gasteiger partial charge is 0.275 e. The van der Waals surface area contributed by atoms with Gasteiger partial charge in [-0.3, -0.25) is 9.69 Å². The second-order valence-corrected chi connectivity index (χ2v) is 7.80. The van der Waals surface area contributed by atoms with Crippen LogP contribution in [0.15, 0.2) is 47.7 Å². The number of nitrogens with zero attached hydrogens (tertiary/aromatic N) is 4. The Bertz CT molecular complexity index is 1090. The van der Waals surface area contributed by atoms with E-state index >= 15 is 0 Å². The molecule has 0 aliphatic carbocycles. The van der Waals surface area contributed by atoms with Crippen molar-refractivity contribution in [1.29, 1.82) is 0 Å². The molecule has 0 amide bonds. The Labute approximate surface area is 172 Å². The van der Waals surface area contributed by atoms with Crippen LogP contribution in [0.2, 0.25) is 10.0 Å². The Morgan fingerprint density at radius 1 is 1.18 bits per heavy atom. The molecule has 0 bridgehead atoms. The first-order valence-corrected chi connectivity index (χ1v) is 9.76. The van der Waals surface area contributed by atoms with Crippen molar-refractivity contribution in [3.8, 4) is 5.69 Å². The van der Waals surface area contributed by atoms with E-state index in [0.29, 0.717) is 34.5 Å². The van der Waals surface area contributed by atoms with E-state index in [1.54, 1.807) is 33.7 Å². The fraction of sp³-hybridized carbons (Fsp3) is 0.300. The van der Waals surface area contributed by atoms with Crippen molar-refractivity contribution in [2.45, 2.75) is 32.7 Å². The molecule has 1 aliphatic heterocycles. The number of hydrogen-bond donors (Lipinski definition) is 1. The maximum absolute atomic E-state index is 13.0. The molecule has 6 nitrogen and oxygen atoms in total. The first kappa shape index (κ1) is 19.2. The lowest BCUT2D eigenvalue weighted by atomic mass is 10.0. The molecule has 1 N–H and O–H groups in total. The molecule has 1 aliphatic rings. The SMILES string of the molecule is Cc1cn(-c2ccc3n(c2=O)CCN(C(C)c2ccc(Cl)c(Cl)c2)C3O)cn1. The van der Waals surface area contributed by atoms with Crippen LogP contribution in [0.1, 0.15) is 36.1 Å². The summed E-state index contributed by atoms with van der Waals surface area (Å²) >= 11 is 12.2. The van der Waals surface area contributed by atoms with Gasteiger partial charge in [0.25, 0.3) is 5.56 Å². The highest BCUT2D eigenvalue weighted by atomic mass is 35.5. The lowest BCUT2D eigenvalue weighted by Gasteiger charge is -2.38. The van der Waals surface area contributed by atoms with Crippen LogP contribution in [0.4, 0.5) is 0 Å². The van der Waals surface area contributed by atoms with Crippen LogP contribution in [0, 0.1) is 6.92 Å². The molecule has 0 spiro atoms. The molecule has 0 radical (unpaired) electrons. The van der Waals surface area contributed by atoms with Gasteiger partial charge in [0.15, 0.2) is 0 Å². The summed E-state index contributed by atoms with van der Waals surface area (Å²) in [5.41, 5.74) is 2.74. The Morgan fingerprint density at radius 3 is 2.64 bits per heavy atom. The zero-order chi connectivity index (χ0) is 20.0. The van der Waals surface area contributed by atoms with Gasteiger partial charge >= 0.3 is 0 Å². The molecular weight excluding hydrogens is 399 g/mol. The third-order valence-electron chi connectivity index (χ3n) is 5.26. The molecule has 0 saturated carbocycles. The van der Waals surface area contributed by atoms with Gasteiger partial charge in [0.1, 0.15) is 11.9 Å². The van der Waals surface area contributed by atoms with Crippen molar-refractivity contribution in [3.05, 3.63) is 80.2 Å². The highest BCUT2D eigenvalue weighted by Gasteiger charge is 2.31. The fourth-order valence-corrected chi connectivity index (χ4v) is 3.97. The molecule has 0 saturated heterocycles. The van der Waals surface area contributed by atoms with Crippen molar-refractivity contribution in [1.82, 2.24) is 19.0 Å². The molecule has 146 valence electrons. The number of pyridine rings is 1. The van der Waals surface area contributed by atoms with E-state index in [-0.39, 0.29) is 11.6 Å². The van der Waals surface area contributed by atoms with Crippen LogP contribution in [-0.4, -0.2) is 30.7 Å². The summed E-state index contributed by atoms with van der Waals surface area (Å²) in [6.07, 6.45) is 2.53. The Balaban J connectivity index is 1.67. The van der Waals surface area contributed by atoms with Crippen molar-refractivity contribution < 1.29 is 5.11 Å². The number of aliphatic hydroxyl groups excluding tert-OH is 1. The minimum absolute atomic E-state index is 0.0930. The monoisotopic (exact) mass is 418 g/mol. The van der Waals surface area contributed by atoms with Crippen molar-refractivity contribution in [3.63, 3.8) is 0 Å². The molecule has 28 heavy (non-hydrogen) atoms. The first-order valence-electron chi connectivity index (χ1n) is 9.00. The van der Waals surface area contributed by atoms with Gasteiger partial charge in [0.05, 0.1) is 27.8 Å². The van der Waals surface area contributed by atoms with Crippen molar-refractivity contribution >= 4 is 23.2 Å². The maximum Gasteiger partial charge on any atom is 0.275 e. The number of fused-ring (bicyclic) bond motifs is 1. The zero-order valence-electron chi connectivity index (χ0n) is 15.5. The number of aliphatic hydroxyl groups is 1. The number of rotatable bonds is 3. The lowest BCUT2D eigenvalue weighted by molar-refractivity contribution is -0.0467. The van der Waals surface area contributed by atoms with Crippen molar-refractivity contribution in [2.24, 2.45) is 0 Å². The minimum Gasteiger partial charge on any atom is -0.372 e. The standard InChI is InChI=1S/C20H20Cl2N4O2/c1-12-10-24(11-23-12)17-5-6-18-20(28)25(7-8-26(18)19(17)27)13(2)14-3-4-15(21)16(22)9-14/h3-6,9-11,13,20,28H,7-8H2,1-2H3. The van der Waals surface area contributed by atoms with Gasteiger partial charge in [0, 0.05) is 25.3 Å². The van der Waals surface area contributed by atoms with E-state index in [1.165, 1.54) is 0 Å². The Morgan fingerprint density at radius 2 is 1.96 bits per heavy atom. The van der Waals surface area contributed by atoms with E-state index in [4.69, 9.17) is 23.2 Å². The third kappa shape index (κ3) is 3.26. The molecule has 2 unspecified atom stereocenters. The maximum atomic E-state index is 13.0. The van der Waals surface area contributed by atoms with E-state index in [2.05, 4.69) is 4.98 Å². The number of imidazole rings is 1. The largest absolute Gasteiger partial charge is 0.372 e.